The minimum Gasteiger partial charge on any atom is -0.362 e. The monoisotopic (exact) mass is 496 g/mol. The maximum absolute atomic E-state index is 13.0. The van der Waals surface area contributed by atoms with E-state index in [0.717, 1.165) is 4.31 Å². The average molecular weight is 497 g/mol. The first kappa shape index (κ1) is 22.2. The fourth-order valence-electron chi connectivity index (χ4n) is 3.25. The Hall–Kier alpha value is -2.50. The molecule has 0 atom stereocenters. The van der Waals surface area contributed by atoms with Crippen molar-refractivity contribution in [2.24, 2.45) is 0 Å². The van der Waals surface area contributed by atoms with Gasteiger partial charge in [-0.15, -0.1) is 0 Å². The molecule has 11 heteroatoms. The van der Waals surface area contributed by atoms with E-state index in [-0.39, 0.29) is 22.1 Å². The van der Waals surface area contributed by atoms with Crippen LogP contribution in [0.5, 0.6) is 0 Å². The normalized spacial score (nSPS) is 14.8. The third kappa shape index (κ3) is 4.32. The summed E-state index contributed by atoms with van der Waals surface area (Å²) in [6, 6.07) is 11.0. The lowest BCUT2D eigenvalue weighted by molar-refractivity contribution is -0.384. The zero-order valence-corrected chi connectivity index (χ0v) is 18.9. The van der Waals surface area contributed by atoms with Gasteiger partial charge in [-0.2, -0.15) is 0 Å². The predicted octanol–water partition coefficient (Wildman–Crippen LogP) is 2.57. The molecule has 1 amide bonds. The van der Waals surface area contributed by atoms with Gasteiger partial charge in [-0.1, -0.05) is 12.1 Å². The number of piperazine rings is 1. The van der Waals surface area contributed by atoms with Crippen LogP contribution in [0, 0.1) is 10.1 Å². The van der Waals surface area contributed by atoms with Crippen LogP contribution < -0.4 is 4.90 Å². The minimum absolute atomic E-state index is 0.0249. The van der Waals surface area contributed by atoms with Crippen molar-refractivity contribution in [3.63, 3.8) is 0 Å². The second-order valence-corrected chi connectivity index (χ2v) is 9.93. The van der Waals surface area contributed by atoms with Crippen LogP contribution in [0.4, 0.5) is 11.4 Å². The summed E-state index contributed by atoms with van der Waals surface area (Å²) in [5, 5.41) is 11.3. The maximum atomic E-state index is 13.0. The fourth-order valence-corrected chi connectivity index (χ4v) is 5.09. The van der Waals surface area contributed by atoms with E-state index in [1.165, 1.54) is 26.2 Å². The van der Waals surface area contributed by atoms with Crippen molar-refractivity contribution in [3.8, 4) is 0 Å². The molecule has 1 aliphatic heterocycles. The molecule has 0 unspecified atom stereocenters. The molecular formula is C19H21BrN4O5S. The summed E-state index contributed by atoms with van der Waals surface area (Å²) in [7, 11) is -0.851. The number of nitrogens with zero attached hydrogens (tertiary/aromatic N) is 4. The first-order valence-electron chi connectivity index (χ1n) is 9.12. The van der Waals surface area contributed by atoms with Gasteiger partial charge < -0.3 is 9.80 Å². The number of hydrogen-bond donors (Lipinski definition) is 0. The molecular weight excluding hydrogens is 476 g/mol. The van der Waals surface area contributed by atoms with Crippen LogP contribution in [-0.2, 0) is 10.0 Å². The number of nitro benzene ring substituents is 1. The van der Waals surface area contributed by atoms with Crippen LogP contribution in [0.1, 0.15) is 10.4 Å². The lowest BCUT2D eigenvalue weighted by Gasteiger charge is -2.35. The number of benzene rings is 2. The van der Waals surface area contributed by atoms with Crippen LogP contribution in [0.2, 0.25) is 0 Å². The quantitative estimate of drug-likeness (QED) is 0.465. The van der Waals surface area contributed by atoms with Crippen molar-refractivity contribution in [2.75, 3.05) is 45.2 Å². The highest BCUT2D eigenvalue weighted by molar-refractivity contribution is 9.10. The van der Waals surface area contributed by atoms with Crippen molar-refractivity contribution in [1.82, 2.24) is 9.21 Å². The molecule has 1 saturated heterocycles. The lowest BCUT2D eigenvalue weighted by atomic mass is 10.1. The molecule has 2 aromatic carbocycles. The smallest absolute Gasteiger partial charge is 0.292 e. The molecule has 0 bridgehead atoms. The molecule has 2 aromatic rings. The number of para-hydroxylation sites is 2. The van der Waals surface area contributed by atoms with Crippen molar-refractivity contribution < 1.29 is 18.1 Å². The van der Waals surface area contributed by atoms with Crippen molar-refractivity contribution >= 4 is 43.2 Å². The Morgan fingerprint density at radius 1 is 1.10 bits per heavy atom. The number of rotatable bonds is 5. The molecule has 0 radical (unpaired) electrons. The topological polar surface area (TPSA) is 104 Å². The Morgan fingerprint density at radius 3 is 2.33 bits per heavy atom. The van der Waals surface area contributed by atoms with Gasteiger partial charge >= 0.3 is 0 Å². The molecule has 1 aliphatic rings. The summed E-state index contributed by atoms with van der Waals surface area (Å²) >= 11 is 3.24. The molecule has 0 N–H and O–H groups in total. The number of carbonyl (C=O) groups excluding carboxylic acids is 1. The Labute approximate surface area is 183 Å². The van der Waals surface area contributed by atoms with E-state index in [2.05, 4.69) is 15.9 Å². The third-order valence-corrected chi connectivity index (χ3v) is 7.73. The van der Waals surface area contributed by atoms with Gasteiger partial charge in [-0.05, 0) is 40.2 Å². The van der Waals surface area contributed by atoms with E-state index in [9.17, 15) is 23.3 Å². The molecule has 0 aliphatic carbocycles. The van der Waals surface area contributed by atoms with Crippen molar-refractivity contribution in [3.05, 3.63) is 62.6 Å². The van der Waals surface area contributed by atoms with Gasteiger partial charge in [0.2, 0.25) is 10.0 Å². The van der Waals surface area contributed by atoms with Gasteiger partial charge in [0.15, 0.2) is 0 Å². The van der Waals surface area contributed by atoms with Crippen LogP contribution in [0.25, 0.3) is 0 Å². The summed E-state index contributed by atoms with van der Waals surface area (Å²) in [6.07, 6.45) is 0. The highest BCUT2D eigenvalue weighted by Gasteiger charge is 2.28. The van der Waals surface area contributed by atoms with Gasteiger partial charge in [-0.3, -0.25) is 14.9 Å². The Kier molecular flexibility index (Phi) is 6.44. The molecule has 160 valence electrons. The SMILES string of the molecule is CN(C)S(=O)(=O)c1cc(C(=O)N2CCN(c3ccccc3[N+](=O)[O-])CC2)ccc1Br. The second-order valence-electron chi connectivity index (χ2n) is 6.96. The highest BCUT2D eigenvalue weighted by atomic mass is 79.9. The molecule has 1 heterocycles. The summed E-state index contributed by atoms with van der Waals surface area (Å²) < 4.78 is 26.5. The first-order valence-corrected chi connectivity index (χ1v) is 11.4. The van der Waals surface area contributed by atoms with Gasteiger partial charge in [0, 0.05) is 56.4 Å². The molecule has 30 heavy (non-hydrogen) atoms. The standard InChI is InChI=1S/C19H21BrN4O5S/c1-21(2)30(28,29)18-13-14(7-8-15(18)20)19(25)23-11-9-22(10-12-23)16-5-3-4-6-17(16)24(26)27/h3-8,13H,9-12H2,1-2H3. The van der Waals surface area contributed by atoms with Crippen molar-refractivity contribution in [2.45, 2.75) is 4.90 Å². The zero-order chi connectivity index (χ0) is 22.1. The summed E-state index contributed by atoms with van der Waals surface area (Å²) in [4.78, 5) is 27.3. The number of nitro groups is 1. The third-order valence-electron chi connectivity index (χ3n) is 4.92. The lowest BCUT2D eigenvalue weighted by Crippen LogP contribution is -2.49. The van der Waals surface area contributed by atoms with Crippen molar-refractivity contribution in [1.29, 1.82) is 0 Å². The maximum Gasteiger partial charge on any atom is 0.292 e. The molecule has 0 spiro atoms. The molecule has 0 aromatic heterocycles. The predicted molar refractivity (Wildman–Crippen MR) is 116 cm³/mol. The number of amides is 1. The number of halogens is 1. The summed E-state index contributed by atoms with van der Waals surface area (Å²) in [5.74, 6) is -0.278. The molecule has 9 nitrogen and oxygen atoms in total. The van der Waals surface area contributed by atoms with Crippen LogP contribution in [0.3, 0.4) is 0 Å². The number of carbonyl (C=O) groups is 1. The number of anilines is 1. The van der Waals surface area contributed by atoms with E-state index >= 15 is 0 Å². The number of sulfonamides is 1. The van der Waals surface area contributed by atoms with Gasteiger partial charge in [0.25, 0.3) is 11.6 Å². The van der Waals surface area contributed by atoms with E-state index in [4.69, 9.17) is 0 Å². The zero-order valence-electron chi connectivity index (χ0n) is 16.5. The fraction of sp³-hybridized carbons (Fsp3) is 0.316. The molecule has 1 fully saturated rings. The number of hydrogen-bond acceptors (Lipinski definition) is 6. The van der Waals surface area contributed by atoms with E-state index in [1.54, 1.807) is 35.2 Å². The average Bonchev–Trinajstić information content (AvgIpc) is 2.73. The summed E-state index contributed by atoms with van der Waals surface area (Å²) in [5.41, 5.74) is 0.832. The van der Waals surface area contributed by atoms with Gasteiger partial charge in [-0.25, -0.2) is 12.7 Å². The van der Waals surface area contributed by atoms with Crippen LogP contribution >= 0.6 is 15.9 Å². The molecule has 3 rings (SSSR count). The first-order chi connectivity index (χ1) is 14.1. The van der Waals surface area contributed by atoms with Crippen LogP contribution in [-0.4, -0.2) is 68.7 Å². The van der Waals surface area contributed by atoms with E-state index < -0.39 is 14.9 Å². The molecule has 0 saturated carbocycles. The van der Waals surface area contributed by atoms with Gasteiger partial charge in [0.05, 0.1) is 9.82 Å². The van der Waals surface area contributed by atoms with Gasteiger partial charge in [0.1, 0.15) is 5.69 Å². The Morgan fingerprint density at radius 2 is 1.73 bits per heavy atom. The minimum atomic E-state index is -3.71. The summed E-state index contributed by atoms with van der Waals surface area (Å²) in [6.45, 7) is 1.62. The Balaban J connectivity index is 1.77. The van der Waals surface area contributed by atoms with E-state index in [1.807, 2.05) is 4.90 Å². The van der Waals surface area contributed by atoms with E-state index in [0.29, 0.717) is 36.3 Å². The Bertz CT molecular complexity index is 1080. The highest BCUT2D eigenvalue weighted by Crippen LogP contribution is 2.29. The second kappa shape index (κ2) is 8.70. The van der Waals surface area contributed by atoms with Crippen LogP contribution in [0.15, 0.2) is 51.8 Å². The largest absolute Gasteiger partial charge is 0.362 e.